The number of rotatable bonds is 9. The molecule has 0 aliphatic carbocycles. The molecule has 12 heteroatoms. The Hall–Kier alpha value is -3.58. The maximum Gasteiger partial charge on any atom is 0.261 e. The average Bonchev–Trinajstić information content (AvgIpc) is 3.03. The Labute approximate surface area is 271 Å². The third-order valence-electron chi connectivity index (χ3n) is 8.12. The van der Waals surface area contributed by atoms with Crippen molar-refractivity contribution in [3.8, 4) is 5.75 Å². The number of likely N-dealkylation sites (N-methyl/N-ethyl adjacent to an activating group) is 1. The van der Waals surface area contributed by atoms with Gasteiger partial charge in [-0.3, -0.25) is 19.4 Å². The molecule has 0 saturated heterocycles. The summed E-state index contributed by atoms with van der Waals surface area (Å²) < 4.78 is 54.8. The predicted octanol–water partition coefficient (Wildman–Crippen LogP) is 4.95. The summed E-state index contributed by atoms with van der Waals surface area (Å²) in [6, 6.07) is 12.5. The molecule has 250 valence electrons. The van der Waals surface area contributed by atoms with Crippen LogP contribution in [0.3, 0.4) is 0 Å². The number of amides is 1. The SMILES string of the molecule is C[C@@H]1CCCCO[C@@H](CN(C)Cc2ccncc2)[C@@H](C)CN([C@@H](C)CO)C(=O)c2cc(NS(=O)(=O)c3ccc(F)cc3)ccc2O1. The van der Waals surface area contributed by atoms with Gasteiger partial charge in [0.25, 0.3) is 15.9 Å². The first-order valence-corrected chi connectivity index (χ1v) is 17.1. The number of carbonyl (C=O) groups is 1. The van der Waals surface area contributed by atoms with Gasteiger partial charge in [0.15, 0.2) is 0 Å². The van der Waals surface area contributed by atoms with E-state index < -0.39 is 27.8 Å². The molecule has 0 saturated carbocycles. The zero-order valence-electron chi connectivity index (χ0n) is 26.9. The number of ether oxygens (including phenoxy) is 2. The normalized spacial score (nSPS) is 20.8. The van der Waals surface area contributed by atoms with E-state index in [9.17, 15) is 22.7 Å². The van der Waals surface area contributed by atoms with Crippen LogP contribution in [0, 0.1) is 11.7 Å². The van der Waals surface area contributed by atoms with E-state index in [4.69, 9.17) is 9.47 Å². The van der Waals surface area contributed by atoms with Crippen LogP contribution in [0.5, 0.6) is 5.75 Å². The van der Waals surface area contributed by atoms with Gasteiger partial charge in [0.05, 0.1) is 35.3 Å². The van der Waals surface area contributed by atoms with Crippen molar-refractivity contribution in [1.82, 2.24) is 14.8 Å². The van der Waals surface area contributed by atoms with Gasteiger partial charge >= 0.3 is 0 Å². The van der Waals surface area contributed by atoms with Crippen LogP contribution < -0.4 is 9.46 Å². The van der Waals surface area contributed by atoms with Crippen molar-refractivity contribution in [1.29, 1.82) is 0 Å². The fourth-order valence-corrected chi connectivity index (χ4v) is 6.50. The van der Waals surface area contributed by atoms with Gasteiger partial charge in [-0.25, -0.2) is 12.8 Å². The van der Waals surface area contributed by atoms with E-state index in [0.29, 0.717) is 25.4 Å². The van der Waals surface area contributed by atoms with Crippen LogP contribution in [-0.2, 0) is 21.3 Å². The zero-order valence-corrected chi connectivity index (χ0v) is 27.7. The quantitative estimate of drug-likeness (QED) is 0.332. The molecule has 1 aromatic heterocycles. The molecular weight excluding hydrogens is 611 g/mol. The summed E-state index contributed by atoms with van der Waals surface area (Å²) in [5.41, 5.74) is 1.45. The minimum absolute atomic E-state index is 0.107. The lowest BCUT2D eigenvalue weighted by atomic mass is 10.0. The van der Waals surface area contributed by atoms with Gasteiger partial charge in [-0.1, -0.05) is 6.92 Å². The number of sulfonamides is 1. The summed E-state index contributed by atoms with van der Waals surface area (Å²) in [6.07, 6.45) is 5.56. The average molecular weight is 657 g/mol. The number of hydrogen-bond donors (Lipinski definition) is 2. The summed E-state index contributed by atoms with van der Waals surface area (Å²) in [6.45, 7) is 7.66. The lowest BCUT2D eigenvalue weighted by Crippen LogP contribution is -2.47. The molecule has 1 amide bonds. The van der Waals surface area contributed by atoms with Crippen molar-refractivity contribution in [2.24, 2.45) is 5.92 Å². The standard InChI is InChI=1S/C34H45FN4O6S/c1-24-20-39(25(2)23-40)34(41)31-19-29(37-46(42,43)30-11-8-28(35)9-12-30)10-13-32(31)45-26(3)7-5-6-18-44-33(24)22-38(4)21-27-14-16-36-17-15-27/h8-17,19,24-26,33,37,40H,5-7,18,20-23H2,1-4H3/t24-,25-,26+,33-/m0/s1. The summed E-state index contributed by atoms with van der Waals surface area (Å²) in [4.78, 5) is 22.1. The molecule has 2 aromatic carbocycles. The van der Waals surface area contributed by atoms with Crippen LogP contribution in [0.1, 0.15) is 56.0 Å². The number of benzene rings is 2. The monoisotopic (exact) mass is 656 g/mol. The third-order valence-corrected chi connectivity index (χ3v) is 9.52. The molecule has 1 aliphatic rings. The van der Waals surface area contributed by atoms with E-state index in [0.717, 1.165) is 37.0 Å². The van der Waals surface area contributed by atoms with Crippen molar-refractivity contribution >= 4 is 21.6 Å². The molecule has 1 aliphatic heterocycles. The van der Waals surface area contributed by atoms with Gasteiger partial charge in [0.2, 0.25) is 0 Å². The second-order valence-electron chi connectivity index (χ2n) is 12.1. The maximum absolute atomic E-state index is 14.3. The molecule has 46 heavy (non-hydrogen) atoms. The van der Waals surface area contributed by atoms with Crippen LogP contribution in [0.4, 0.5) is 10.1 Å². The lowest BCUT2D eigenvalue weighted by Gasteiger charge is -2.36. The van der Waals surface area contributed by atoms with E-state index >= 15 is 0 Å². The molecule has 4 atom stereocenters. The number of aliphatic hydroxyl groups excluding tert-OH is 1. The highest BCUT2D eigenvalue weighted by molar-refractivity contribution is 7.92. The van der Waals surface area contributed by atoms with Crippen LogP contribution in [0.25, 0.3) is 0 Å². The summed E-state index contributed by atoms with van der Waals surface area (Å²) in [7, 11) is -2.03. The van der Waals surface area contributed by atoms with Crippen molar-refractivity contribution in [3.05, 3.63) is 83.9 Å². The second-order valence-corrected chi connectivity index (χ2v) is 13.8. The predicted molar refractivity (Wildman–Crippen MR) is 175 cm³/mol. The zero-order chi connectivity index (χ0) is 33.3. The Morgan fingerprint density at radius 1 is 1.11 bits per heavy atom. The van der Waals surface area contributed by atoms with Crippen molar-refractivity contribution in [3.63, 3.8) is 0 Å². The Morgan fingerprint density at radius 3 is 2.52 bits per heavy atom. The highest BCUT2D eigenvalue weighted by Crippen LogP contribution is 2.29. The van der Waals surface area contributed by atoms with Crippen LogP contribution in [0.2, 0.25) is 0 Å². The van der Waals surface area contributed by atoms with Crippen molar-refractivity contribution in [2.45, 2.75) is 69.7 Å². The Bertz CT molecular complexity index is 1530. The van der Waals surface area contributed by atoms with Gasteiger partial charge in [-0.05, 0) is 100 Å². The summed E-state index contributed by atoms with van der Waals surface area (Å²) >= 11 is 0. The van der Waals surface area contributed by atoms with E-state index in [-0.39, 0.29) is 47.4 Å². The number of aromatic nitrogens is 1. The molecule has 10 nitrogen and oxygen atoms in total. The van der Waals surface area contributed by atoms with Crippen molar-refractivity contribution < 1.29 is 32.2 Å². The number of carbonyl (C=O) groups excluding carboxylic acids is 1. The fourth-order valence-electron chi connectivity index (χ4n) is 5.45. The van der Waals surface area contributed by atoms with Gasteiger partial charge in [-0.2, -0.15) is 0 Å². The number of aliphatic hydroxyl groups is 1. The fraction of sp³-hybridized carbons (Fsp3) is 0.471. The number of nitrogens with one attached hydrogen (secondary N) is 1. The van der Waals surface area contributed by atoms with Crippen LogP contribution >= 0.6 is 0 Å². The first-order valence-electron chi connectivity index (χ1n) is 15.7. The molecule has 3 aromatic rings. The van der Waals surface area contributed by atoms with E-state index in [1.165, 1.54) is 24.3 Å². The van der Waals surface area contributed by atoms with Gasteiger partial charge in [0.1, 0.15) is 11.6 Å². The minimum atomic E-state index is -4.07. The number of pyridine rings is 1. The molecule has 0 bridgehead atoms. The minimum Gasteiger partial charge on any atom is -0.490 e. The summed E-state index contributed by atoms with van der Waals surface area (Å²) in [5, 5.41) is 10.2. The molecule has 4 rings (SSSR count). The number of nitrogens with zero attached hydrogens (tertiary/aromatic N) is 3. The smallest absolute Gasteiger partial charge is 0.261 e. The van der Waals surface area contributed by atoms with E-state index in [1.807, 2.05) is 33.0 Å². The summed E-state index contributed by atoms with van der Waals surface area (Å²) in [5.74, 6) is -0.738. The highest BCUT2D eigenvalue weighted by Gasteiger charge is 2.30. The molecule has 2 heterocycles. The molecular formula is C34H45FN4O6S. The van der Waals surface area contributed by atoms with E-state index in [2.05, 4.69) is 14.6 Å². The third kappa shape index (κ3) is 9.71. The first-order chi connectivity index (χ1) is 22.0. The van der Waals surface area contributed by atoms with Gasteiger partial charge in [0, 0.05) is 50.2 Å². The van der Waals surface area contributed by atoms with Crippen LogP contribution in [-0.4, -0.2) is 85.8 Å². The number of halogens is 1. The molecule has 0 radical (unpaired) electrons. The topological polar surface area (TPSA) is 121 Å². The number of anilines is 1. The Morgan fingerprint density at radius 2 is 1.83 bits per heavy atom. The second kappa shape index (κ2) is 16.3. The Balaban J connectivity index is 1.64. The highest BCUT2D eigenvalue weighted by atomic mass is 32.2. The lowest BCUT2D eigenvalue weighted by molar-refractivity contribution is -0.0177. The molecule has 0 fully saturated rings. The maximum atomic E-state index is 14.3. The largest absolute Gasteiger partial charge is 0.490 e. The van der Waals surface area contributed by atoms with E-state index in [1.54, 1.807) is 30.3 Å². The molecule has 0 spiro atoms. The number of fused-ring (bicyclic) bond motifs is 1. The molecule has 0 unspecified atom stereocenters. The van der Waals surface area contributed by atoms with Crippen LogP contribution in [0.15, 0.2) is 71.9 Å². The number of hydrogen-bond acceptors (Lipinski definition) is 8. The van der Waals surface area contributed by atoms with Gasteiger partial charge in [-0.15, -0.1) is 0 Å². The Kier molecular flexibility index (Phi) is 12.5. The van der Waals surface area contributed by atoms with Crippen molar-refractivity contribution in [2.75, 3.05) is 38.1 Å². The van der Waals surface area contributed by atoms with Gasteiger partial charge < -0.3 is 19.5 Å². The molecule has 2 N–H and O–H groups in total. The first kappa shape index (κ1) is 35.3.